The quantitative estimate of drug-likeness (QED) is 0.454. The van der Waals surface area contributed by atoms with Gasteiger partial charge in [-0.05, 0) is 48.6 Å². The van der Waals surface area contributed by atoms with Gasteiger partial charge in [0.05, 0.1) is 24.8 Å². The molecule has 31 heavy (non-hydrogen) atoms. The van der Waals surface area contributed by atoms with Crippen LogP contribution < -0.4 is 24.8 Å². The number of para-hydroxylation sites is 1. The average Bonchev–Trinajstić information content (AvgIpc) is 2.75. The van der Waals surface area contributed by atoms with Crippen molar-refractivity contribution >= 4 is 44.5 Å². The molecule has 1 aromatic heterocycles. The summed E-state index contributed by atoms with van der Waals surface area (Å²) in [6.07, 6.45) is 0. The van der Waals surface area contributed by atoms with E-state index in [1.165, 1.54) is 50.6 Å². The minimum Gasteiger partial charge on any atom is -0.481 e. The second-order valence-electron chi connectivity index (χ2n) is 5.97. The first-order valence-corrected chi connectivity index (χ1v) is 10.6. The van der Waals surface area contributed by atoms with Gasteiger partial charge in [-0.2, -0.15) is 9.97 Å². The van der Waals surface area contributed by atoms with Gasteiger partial charge in [-0.3, -0.25) is 4.72 Å². The highest BCUT2D eigenvalue weighted by Crippen LogP contribution is 2.22. The lowest BCUT2D eigenvalue weighted by atomic mass is 10.3. The fourth-order valence-electron chi connectivity index (χ4n) is 2.41. The third-order valence-electron chi connectivity index (χ3n) is 3.86. The fourth-order valence-corrected chi connectivity index (χ4v) is 3.63. The standard InChI is InChI=1S/C19H18FN5O4S2/c1-28-17-11-16(23-18(24-17)29-2)25-31(26,27)13-9-7-12(8-10-13)21-19(30)22-15-6-4-3-5-14(15)20/h3-11H,1-2H3,(H2,21,22,30)(H,23,24,25). The van der Waals surface area contributed by atoms with Crippen molar-refractivity contribution in [3.05, 3.63) is 60.4 Å². The van der Waals surface area contributed by atoms with Gasteiger partial charge in [0.1, 0.15) is 5.82 Å². The van der Waals surface area contributed by atoms with Crippen LogP contribution in [0.25, 0.3) is 0 Å². The molecule has 0 saturated carbocycles. The summed E-state index contributed by atoms with van der Waals surface area (Å²) < 4.78 is 51.3. The maximum atomic E-state index is 13.7. The van der Waals surface area contributed by atoms with E-state index in [0.717, 1.165) is 0 Å². The molecule has 0 saturated heterocycles. The molecule has 12 heteroatoms. The molecule has 3 rings (SSSR count). The summed E-state index contributed by atoms with van der Waals surface area (Å²) in [5, 5.41) is 5.75. The lowest BCUT2D eigenvalue weighted by Crippen LogP contribution is -2.20. The van der Waals surface area contributed by atoms with Crippen LogP contribution in [0.1, 0.15) is 0 Å². The molecule has 162 valence electrons. The molecular weight excluding hydrogens is 445 g/mol. The molecule has 0 unspecified atom stereocenters. The first-order chi connectivity index (χ1) is 14.8. The second-order valence-corrected chi connectivity index (χ2v) is 8.06. The molecule has 0 spiro atoms. The van der Waals surface area contributed by atoms with Crippen LogP contribution in [-0.2, 0) is 10.0 Å². The average molecular weight is 464 g/mol. The zero-order chi connectivity index (χ0) is 22.4. The lowest BCUT2D eigenvalue weighted by Gasteiger charge is -2.12. The van der Waals surface area contributed by atoms with Gasteiger partial charge < -0.3 is 20.1 Å². The summed E-state index contributed by atoms with van der Waals surface area (Å²) >= 11 is 5.16. The van der Waals surface area contributed by atoms with Crippen molar-refractivity contribution < 1.29 is 22.3 Å². The van der Waals surface area contributed by atoms with E-state index in [-0.39, 0.29) is 33.4 Å². The van der Waals surface area contributed by atoms with Crippen LogP contribution in [0.5, 0.6) is 11.9 Å². The van der Waals surface area contributed by atoms with Crippen molar-refractivity contribution in [2.24, 2.45) is 0 Å². The summed E-state index contributed by atoms with van der Waals surface area (Å²) in [6.45, 7) is 0. The Bertz CT molecular complexity index is 1170. The van der Waals surface area contributed by atoms with E-state index in [0.29, 0.717) is 5.69 Å². The zero-order valence-corrected chi connectivity index (χ0v) is 18.1. The second kappa shape index (κ2) is 9.53. The number of hydrogen-bond acceptors (Lipinski definition) is 7. The van der Waals surface area contributed by atoms with E-state index in [1.807, 2.05) is 0 Å². The lowest BCUT2D eigenvalue weighted by molar-refractivity contribution is 0.353. The number of anilines is 3. The van der Waals surface area contributed by atoms with E-state index in [4.69, 9.17) is 21.7 Å². The van der Waals surface area contributed by atoms with Crippen LogP contribution in [-0.4, -0.2) is 37.7 Å². The Balaban J connectivity index is 1.70. The molecule has 0 aliphatic rings. The van der Waals surface area contributed by atoms with Gasteiger partial charge in [0.2, 0.25) is 5.88 Å². The number of methoxy groups -OCH3 is 2. The maximum Gasteiger partial charge on any atom is 0.321 e. The summed E-state index contributed by atoms with van der Waals surface area (Å²) in [6, 6.07) is 13.2. The molecule has 9 nitrogen and oxygen atoms in total. The minimum absolute atomic E-state index is 0.0115. The number of rotatable bonds is 7. The molecule has 0 fully saturated rings. The molecule has 1 heterocycles. The fraction of sp³-hybridized carbons (Fsp3) is 0.105. The van der Waals surface area contributed by atoms with Crippen LogP contribution in [0, 0.1) is 5.82 Å². The number of sulfonamides is 1. The van der Waals surface area contributed by atoms with Gasteiger partial charge in [-0.25, -0.2) is 12.8 Å². The van der Waals surface area contributed by atoms with Crippen LogP contribution in [0.2, 0.25) is 0 Å². The largest absolute Gasteiger partial charge is 0.481 e. The molecule has 0 amide bonds. The molecule has 3 N–H and O–H groups in total. The monoisotopic (exact) mass is 463 g/mol. The van der Waals surface area contributed by atoms with Gasteiger partial charge >= 0.3 is 6.01 Å². The number of halogens is 1. The summed E-state index contributed by atoms with van der Waals surface area (Å²) in [5.74, 6) is -0.321. The van der Waals surface area contributed by atoms with Crippen molar-refractivity contribution in [3.63, 3.8) is 0 Å². The molecule has 2 aromatic carbocycles. The van der Waals surface area contributed by atoms with E-state index >= 15 is 0 Å². The number of thiocarbonyl (C=S) groups is 1. The number of nitrogens with one attached hydrogen (secondary N) is 3. The molecular formula is C19H18FN5O4S2. The first kappa shape index (κ1) is 22.2. The Morgan fingerprint density at radius 2 is 1.71 bits per heavy atom. The molecule has 0 atom stereocenters. The first-order valence-electron chi connectivity index (χ1n) is 8.73. The smallest absolute Gasteiger partial charge is 0.321 e. The van der Waals surface area contributed by atoms with Crippen LogP contribution >= 0.6 is 12.2 Å². The number of nitrogens with zero attached hydrogens (tertiary/aromatic N) is 2. The molecule has 3 aromatic rings. The predicted octanol–water partition coefficient (Wildman–Crippen LogP) is 3.24. The molecule has 0 aliphatic carbocycles. The molecule has 0 aliphatic heterocycles. The number of benzene rings is 2. The highest BCUT2D eigenvalue weighted by molar-refractivity contribution is 7.92. The van der Waals surface area contributed by atoms with Gasteiger partial charge in [0.15, 0.2) is 10.9 Å². The highest BCUT2D eigenvalue weighted by Gasteiger charge is 2.17. The van der Waals surface area contributed by atoms with Crippen molar-refractivity contribution in [1.29, 1.82) is 0 Å². The normalized spacial score (nSPS) is 10.8. The Kier molecular flexibility index (Phi) is 6.82. The van der Waals surface area contributed by atoms with Crippen LogP contribution in [0.4, 0.5) is 21.6 Å². The van der Waals surface area contributed by atoms with Gasteiger partial charge in [-0.1, -0.05) is 12.1 Å². The van der Waals surface area contributed by atoms with Gasteiger partial charge in [0.25, 0.3) is 10.0 Å². The van der Waals surface area contributed by atoms with E-state index in [9.17, 15) is 12.8 Å². The highest BCUT2D eigenvalue weighted by atomic mass is 32.2. The number of aromatic nitrogens is 2. The Morgan fingerprint density at radius 3 is 2.35 bits per heavy atom. The molecule has 0 radical (unpaired) electrons. The Morgan fingerprint density at radius 1 is 1.00 bits per heavy atom. The van der Waals surface area contributed by atoms with Crippen LogP contribution in [0.15, 0.2) is 59.5 Å². The van der Waals surface area contributed by atoms with E-state index in [1.54, 1.807) is 18.2 Å². The van der Waals surface area contributed by atoms with Gasteiger partial charge in [0, 0.05) is 11.8 Å². The van der Waals surface area contributed by atoms with Crippen molar-refractivity contribution in [2.75, 3.05) is 29.6 Å². The number of ether oxygens (including phenoxy) is 2. The topological polar surface area (TPSA) is 114 Å². The van der Waals surface area contributed by atoms with E-state index in [2.05, 4.69) is 25.3 Å². The number of hydrogen-bond donors (Lipinski definition) is 3. The van der Waals surface area contributed by atoms with E-state index < -0.39 is 15.8 Å². The minimum atomic E-state index is -3.94. The summed E-state index contributed by atoms with van der Waals surface area (Å²) in [4.78, 5) is 7.84. The summed E-state index contributed by atoms with van der Waals surface area (Å²) in [7, 11) is -1.20. The predicted molar refractivity (Wildman–Crippen MR) is 119 cm³/mol. The third-order valence-corrected chi connectivity index (χ3v) is 5.43. The van der Waals surface area contributed by atoms with Crippen molar-refractivity contribution in [2.45, 2.75) is 4.90 Å². The third kappa shape index (κ3) is 5.77. The Labute approximate surface area is 183 Å². The molecule has 0 bridgehead atoms. The van der Waals surface area contributed by atoms with Gasteiger partial charge in [-0.15, -0.1) is 0 Å². The van der Waals surface area contributed by atoms with Crippen molar-refractivity contribution in [3.8, 4) is 11.9 Å². The summed E-state index contributed by atoms with van der Waals surface area (Å²) in [5.41, 5.74) is 0.734. The SMILES string of the molecule is COc1cc(NS(=O)(=O)c2ccc(NC(=S)Nc3ccccc3F)cc2)nc(OC)n1. The maximum absolute atomic E-state index is 13.7. The van der Waals surface area contributed by atoms with Crippen LogP contribution in [0.3, 0.4) is 0 Å². The Hall–Kier alpha value is -3.51. The zero-order valence-electron chi connectivity index (χ0n) is 16.4. The van der Waals surface area contributed by atoms with Crippen molar-refractivity contribution in [1.82, 2.24) is 9.97 Å².